The molecule has 1 saturated heterocycles. The van der Waals surface area contributed by atoms with Gasteiger partial charge in [0.1, 0.15) is 6.29 Å². The molecule has 14 heavy (non-hydrogen) atoms. The maximum atomic E-state index is 10.3. The molecule has 0 saturated carbocycles. The number of hydrogen-bond acceptors (Lipinski definition) is 2. The van der Waals surface area contributed by atoms with Crippen molar-refractivity contribution < 1.29 is 4.79 Å². The summed E-state index contributed by atoms with van der Waals surface area (Å²) in [4.78, 5) is 12.6. The second-order valence-electron chi connectivity index (χ2n) is 3.83. The van der Waals surface area contributed by atoms with Crippen LogP contribution in [0, 0.1) is 0 Å². The Morgan fingerprint density at radius 3 is 2.21 bits per heavy atom. The van der Waals surface area contributed by atoms with Crippen molar-refractivity contribution in [2.24, 2.45) is 0 Å². The summed E-state index contributed by atoms with van der Waals surface area (Å²) in [5.41, 5.74) is 0. The van der Waals surface area contributed by atoms with Gasteiger partial charge in [0.25, 0.3) is 0 Å². The average Bonchev–Trinajstić information content (AvgIpc) is 2.67. The van der Waals surface area contributed by atoms with Crippen LogP contribution in [0.2, 0.25) is 0 Å². The minimum absolute atomic E-state index is 0.231. The van der Waals surface area contributed by atoms with Gasteiger partial charge in [-0.05, 0) is 25.9 Å². The van der Waals surface area contributed by atoms with Crippen molar-refractivity contribution in [3.63, 3.8) is 0 Å². The number of rotatable bonds is 4. The average molecular weight is 199 g/mol. The molecule has 0 spiro atoms. The van der Waals surface area contributed by atoms with Crippen molar-refractivity contribution >= 4 is 6.29 Å². The molecule has 1 atom stereocenters. The molecule has 1 rings (SSSR count). The normalized spacial score (nSPS) is 21.5. The number of likely N-dealkylation sites (N-methyl/N-ethyl adjacent to an activating group) is 1. The molecule has 0 amide bonds. The van der Waals surface area contributed by atoms with Gasteiger partial charge in [-0.1, -0.05) is 40.0 Å². The molecular formula is C12H25NO. The van der Waals surface area contributed by atoms with Gasteiger partial charge in [0.15, 0.2) is 0 Å². The largest absolute Gasteiger partial charge is 0.302 e. The maximum Gasteiger partial charge on any atom is 0.137 e. The second-order valence-corrected chi connectivity index (χ2v) is 3.83. The van der Waals surface area contributed by atoms with Crippen LogP contribution < -0.4 is 0 Å². The summed E-state index contributed by atoms with van der Waals surface area (Å²) in [5, 5.41) is 0. The third kappa shape index (κ3) is 5.38. The van der Waals surface area contributed by atoms with Crippen molar-refractivity contribution in [1.29, 1.82) is 0 Å². The number of aldehydes is 1. The third-order valence-electron chi connectivity index (χ3n) is 2.68. The zero-order valence-corrected chi connectivity index (χ0v) is 9.96. The number of likely N-dealkylation sites (tertiary alicyclic amines) is 1. The minimum Gasteiger partial charge on any atom is -0.302 e. The van der Waals surface area contributed by atoms with E-state index in [1.807, 2.05) is 0 Å². The SMILES string of the molecule is CCCCC.CCN1CCC[C@H]1C=O. The molecule has 84 valence electrons. The van der Waals surface area contributed by atoms with Crippen molar-refractivity contribution in [3.05, 3.63) is 0 Å². The van der Waals surface area contributed by atoms with Gasteiger partial charge in [-0.2, -0.15) is 0 Å². The molecule has 0 aliphatic carbocycles. The summed E-state index contributed by atoms with van der Waals surface area (Å²) in [6.45, 7) is 8.65. The third-order valence-corrected chi connectivity index (χ3v) is 2.68. The van der Waals surface area contributed by atoms with Gasteiger partial charge in [0.05, 0.1) is 6.04 Å². The van der Waals surface area contributed by atoms with E-state index in [4.69, 9.17) is 0 Å². The molecule has 1 aliphatic rings. The van der Waals surface area contributed by atoms with E-state index < -0.39 is 0 Å². The van der Waals surface area contributed by atoms with Crippen LogP contribution in [0.5, 0.6) is 0 Å². The first-order valence-electron chi connectivity index (χ1n) is 5.99. The molecule has 1 heterocycles. The summed E-state index contributed by atoms with van der Waals surface area (Å²) < 4.78 is 0. The first-order chi connectivity index (χ1) is 6.79. The van der Waals surface area contributed by atoms with Crippen LogP contribution in [0.4, 0.5) is 0 Å². The van der Waals surface area contributed by atoms with Gasteiger partial charge in [-0.25, -0.2) is 0 Å². The molecule has 2 nitrogen and oxygen atoms in total. The Morgan fingerprint density at radius 1 is 1.29 bits per heavy atom. The van der Waals surface area contributed by atoms with Crippen molar-refractivity contribution in [2.75, 3.05) is 13.1 Å². The Kier molecular flexibility index (Phi) is 8.95. The van der Waals surface area contributed by atoms with E-state index in [2.05, 4.69) is 25.7 Å². The lowest BCUT2D eigenvalue weighted by Crippen LogP contribution is -2.29. The van der Waals surface area contributed by atoms with Gasteiger partial charge in [-0.3, -0.25) is 4.90 Å². The Labute approximate surface area is 88.7 Å². The zero-order chi connectivity index (χ0) is 10.8. The highest BCUT2D eigenvalue weighted by Crippen LogP contribution is 2.13. The van der Waals surface area contributed by atoms with Crippen molar-refractivity contribution in [3.8, 4) is 0 Å². The van der Waals surface area contributed by atoms with Crippen LogP contribution >= 0.6 is 0 Å². The van der Waals surface area contributed by atoms with Crippen LogP contribution in [0.15, 0.2) is 0 Å². The second kappa shape index (κ2) is 9.20. The van der Waals surface area contributed by atoms with Crippen LogP contribution in [0.25, 0.3) is 0 Å². The number of hydrogen-bond donors (Lipinski definition) is 0. The standard InChI is InChI=1S/C7H13NO.C5H12/c1-2-8-5-3-4-7(8)6-9;1-3-5-4-2/h6-7H,2-5H2,1H3;3-5H2,1-2H3/t7-;/m0./s1. The Hall–Kier alpha value is -0.370. The van der Waals surface area contributed by atoms with Crippen LogP contribution in [0.3, 0.4) is 0 Å². The number of carbonyl (C=O) groups is 1. The fourth-order valence-corrected chi connectivity index (χ4v) is 1.75. The smallest absolute Gasteiger partial charge is 0.137 e. The van der Waals surface area contributed by atoms with E-state index in [0.29, 0.717) is 0 Å². The van der Waals surface area contributed by atoms with E-state index in [9.17, 15) is 4.79 Å². The lowest BCUT2D eigenvalue weighted by molar-refractivity contribution is -0.111. The zero-order valence-electron chi connectivity index (χ0n) is 9.96. The molecule has 0 aromatic rings. The number of nitrogens with zero attached hydrogens (tertiary/aromatic N) is 1. The number of unbranched alkanes of at least 4 members (excludes halogenated alkanes) is 2. The lowest BCUT2D eigenvalue weighted by Gasteiger charge is -2.16. The first-order valence-corrected chi connectivity index (χ1v) is 5.99. The molecule has 1 fully saturated rings. The number of carbonyl (C=O) groups excluding carboxylic acids is 1. The minimum atomic E-state index is 0.231. The van der Waals surface area contributed by atoms with Gasteiger partial charge >= 0.3 is 0 Å². The van der Waals surface area contributed by atoms with Crippen LogP contribution in [-0.4, -0.2) is 30.3 Å². The Bertz CT molecular complexity index is 134. The highest BCUT2D eigenvalue weighted by molar-refractivity contribution is 5.58. The Balaban J connectivity index is 0.000000292. The van der Waals surface area contributed by atoms with Gasteiger partial charge in [0.2, 0.25) is 0 Å². The summed E-state index contributed by atoms with van der Waals surface area (Å²) in [7, 11) is 0. The fourth-order valence-electron chi connectivity index (χ4n) is 1.75. The van der Waals surface area contributed by atoms with E-state index >= 15 is 0 Å². The van der Waals surface area contributed by atoms with Crippen molar-refractivity contribution in [2.45, 2.75) is 58.9 Å². The molecule has 0 bridgehead atoms. The van der Waals surface area contributed by atoms with E-state index in [-0.39, 0.29) is 6.04 Å². The van der Waals surface area contributed by atoms with Gasteiger partial charge in [0, 0.05) is 0 Å². The first kappa shape index (κ1) is 13.6. The predicted octanol–water partition coefficient (Wildman–Crippen LogP) is 2.87. The summed E-state index contributed by atoms with van der Waals surface area (Å²) in [5.74, 6) is 0. The topological polar surface area (TPSA) is 20.3 Å². The molecule has 0 aromatic heterocycles. The van der Waals surface area contributed by atoms with Gasteiger partial charge in [-0.15, -0.1) is 0 Å². The summed E-state index contributed by atoms with van der Waals surface area (Å²) >= 11 is 0. The van der Waals surface area contributed by atoms with Crippen LogP contribution in [0.1, 0.15) is 52.9 Å². The van der Waals surface area contributed by atoms with E-state index in [0.717, 1.165) is 25.8 Å². The molecule has 0 unspecified atom stereocenters. The molecule has 2 heteroatoms. The Morgan fingerprint density at radius 2 is 1.93 bits per heavy atom. The van der Waals surface area contributed by atoms with E-state index in [1.165, 1.54) is 25.7 Å². The quantitative estimate of drug-likeness (QED) is 0.649. The van der Waals surface area contributed by atoms with Crippen molar-refractivity contribution in [1.82, 2.24) is 4.90 Å². The maximum absolute atomic E-state index is 10.3. The summed E-state index contributed by atoms with van der Waals surface area (Å²) in [6.07, 6.45) is 7.40. The lowest BCUT2D eigenvalue weighted by atomic mass is 10.2. The summed E-state index contributed by atoms with van der Waals surface area (Å²) in [6, 6.07) is 0.231. The predicted molar refractivity (Wildman–Crippen MR) is 61.5 cm³/mol. The highest BCUT2D eigenvalue weighted by atomic mass is 16.1. The molecule has 1 aliphatic heterocycles. The molecular weight excluding hydrogens is 174 g/mol. The molecule has 0 aromatic carbocycles. The van der Waals surface area contributed by atoms with E-state index in [1.54, 1.807) is 0 Å². The monoisotopic (exact) mass is 199 g/mol. The van der Waals surface area contributed by atoms with Crippen LogP contribution in [-0.2, 0) is 4.79 Å². The fraction of sp³-hybridized carbons (Fsp3) is 0.917. The van der Waals surface area contributed by atoms with Gasteiger partial charge < -0.3 is 4.79 Å². The molecule has 0 N–H and O–H groups in total. The molecule has 0 radical (unpaired) electrons. The highest BCUT2D eigenvalue weighted by Gasteiger charge is 2.21.